The highest BCUT2D eigenvalue weighted by atomic mass is 16.2. The van der Waals surface area contributed by atoms with Crippen molar-refractivity contribution in [1.29, 1.82) is 0 Å². The van der Waals surface area contributed by atoms with E-state index in [4.69, 9.17) is 0 Å². The summed E-state index contributed by atoms with van der Waals surface area (Å²) in [6.07, 6.45) is 0. The van der Waals surface area contributed by atoms with Crippen molar-refractivity contribution in [3.8, 4) is 0 Å². The molecule has 0 saturated heterocycles. The van der Waals surface area contributed by atoms with Crippen LogP contribution in [0.3, 0.4) is 0 Å². The Morgan fingerprint density at radius 2 is 1.67 bits per heavy atom. The van der Waals surface area contributed by atoms with Gasteiger partial charge in [-0.1, -0.05) is 18.2 Å². The summed E-state index contributed by atoms with van der Waals surface area (Å²) >= 11 is 0. The van der Waals surface area contributed by atoms with Crippen molar-refractivity contribution in [3.05, 3.63) is 29.8 Å². The average molecular weight is 291 g/mol. The fourth-order valence-electron chi connectivity index (χ4n) is 1.91. The minimum atomic E-state index is -0.263. The molecule has 0 atom stereocenters. The van der Waals surface area contributed by atoms with E-state index in [1.807, 2.05) is 52.0 Å². The minimum Gasteiger partial charge on any atom is -0.350 e. The molecule has 1 aromatic carbocycles. The molecule has 0 fully saturated rings. The number of hydrogen-bond acceptors (Lipinski definition) is 3. The Labute approximate surface area is 126 Å². The van der Waals surface area contributed by atoms with Crippen LogP contribution in [0.5, 0.6) is 0 Å². The SMILES string of the molecule is Cc1ccccc1NC(=O)CN(C)CC(=O)NC(C)(C)C. The van der Waals surface area contributed by atoms with Crippen LogP contribution >= 0.6 is 0 Å². The first-order valence-corrected chi connectivity index (χ1v) is 7.02. The predicted octanol–water partition coefficient (Wildman–Crippen LogP) is 1.78. The number of nitrogens with one attached hydrogen (secondary N) is 2. The summed E-state index contributed by atoms with van der Waals surface area (Å²) in [5.74, 6) is -0.218. The van der Waals surface area contributed by atoms with Gasteiger partial charge < -0.3 is 10.6 Å². The summed E-state index contributed by atoms with van der Waals surface area (Å²) in [7, 11) is 1.75. The third-order valence-electron chi connectivity index (χ3n) is 2.76. The molecule has 2 amide bonds. The number of likely N-dealkylation sites (N-methyl/N-ethyl adjacent to an activating group) is 1. The van der Waals surface area contributed by atoms with Crippen molar-refractivity contribution in [3.63, 3.8) is 0 Å². The Hall–Kier alpha value is -1.88. The van der Waals surface area contributed by atoms with E-state index in [1.165, 1.54) is 0 Å². The van der Waals surface area contributed by atoms with Crippen LogP contribution in [0.4, 0.5) is 5.69 Å². The van der Waals surface area contributed by atoms with Gasteiger partial charge >= 0.3 is 0 Å². The number of benzene rings is 1. The largest absolute Gasteiger partial charge is 0.350 e. The van der Waals surface area contributed by atoms with Crippen LogP contribution in [0.2, 0.25) is 0 Å². The molecule has 1 rings (SSSR count). The lowest BCUT2D eigenvalue weighted by molar-refractivity contribution is -0.124. The molecular formula is C16H25N3O2. The van der Waals surface area contributed by atoms with Gasteiger partial charge in [-0.05, 0) is 46.4 Å². The molecule has 0 heterocycles. The third kappa shape index (κ3) is 6.90. The summed E-state index contributed by atoms with van der Waals surface area (Å²) in [5.41, 5.74) is 1.55. The van der Waals surface area contributed by atoms with E-state index < -0.39 is 0 Å². The second-order valence-corrected chi connectivity index (χ2v) is 6.33. The maximum absolute atomic E-state index is 12.0. The number of aryl methyl sites for hydroxylation is 1. The van der Waals surface area contributed by atoms with E-state index in [-0.39, 0.29) is 30.4 Å². The monoisotopic (exact) mass is 291 g/mol. The van der Waals surface area contributed by atoms with Gasteiger partial charge in [-0.15, -0.1) is 0 Å². The van der Waals surface area contributed by atoms with Crippen LogP contribution in [-0.4, -0.2) is 42.4 Å². The summed E-state index contributed by atoms with van der Waals surface area (Å²) in [4.78, 5) is 25.4. The van der Waals surface area contributed by atoms with Gasteiger partial charge in [-0.2, -0.15) is 0 Å². The normalized spacial score (nSPS) is 11.3. The molecule has 0 aliphatic carbocycles. The van der Waals surface area contributed by atoms with Crippen LogP contribution in [0.1, 0.15) is 26.3 Å². The molecule has 0 bridgehead atoms. The van der Waals surface area contributed by atoms with Crippen LogP contribution in [0, 0.1) is 6.92 Å². The molecule has 0 aliphatic rings. The van der Waals surface area contributed by atoms with Crippen molar-refractivity contribution >= 4 is 17.5 Å². The van der Waals surface area contributed by atoms with Gasteiger partial charge in [-0.3, -0.25) is 14.5 Å². The first-order chi connectivity index (χ1) is 9.67. The van der Waals surface area contributed by atoms with Crippen LogP contribution in [-0.2, 0) is 9.59 Å². The van der Waals surface area contributed by atoms with Crippen LogP contribution < -0.4 is 10.6 Å². The Bertz CT molecular complexity index is 506. The smallest absolute Gasteiger partial charge is 0.238 e. The second-order valence-electron chi connectivity index (χ2n) is 6.33. The highest BCUT2D eigenvalue weighted by Gasteiger charge is 2.16. The molecule has 116 valence electrons. The van der Waals surface area contributed by atoms with E-state index in [9.17, 15) is 9.59 Å². The molecule has 0 saturated carbocycles. The first-order valence-electron chi connectivity index (χ1n) is 7.02. The molecule has 5 nitrogen and oxygen atoms in total. The minimum absolute atomic E-state index is 0.0892. The van der Waals surface area contributed by atoms with E-state index in [1.54, 1.807) is 11.9 Å². The Balaban J connectivity index is 2.44. The van der Waals surface area contributed by atoms with E-state index in [0.717, 1.165) is 11.3 Å². The standard InChI is InChI=1S/C16H25N3O2/c1-12-8-6-7-9-13(12)17-14(20)10-19(5)11-15(21)18-16(2,3)4/h6-9H,10-11H2,1-5H3,(H,17,20)(H,18,21). The number of rotatable bonds is 5. The van der Waals surface area contributed by atoms with E-state index in [2.05, 4.69) is 10.6 Å². The number of carbonyl (C=O) groups is 2. The van der Waals surface area contributed by atoms with Gasteiger partial charge in [0, 0.05) is 11.2 Å². The van der Waals surface area contributed by atoms with Crippen LogP contribution in [0.25, 0.3) is 0 Å². The number of anilines is 1. The maximum Gasteiger partial charge on any atom is 0.238 e. The van der Waals surface area contributed by atoms with Gasteiger partial charge in [0.05, 0.1) is 13.1 Å². The van der Waals surface area contributed by atoms with E-state index in [0.29, 0.717) is 0 Å². The number of hydrogen-bond donors (Lipinski definition) is 2. The van der Waals surface area contributed by atoms with Crippen molar-refractivity contribution < 1.29 is 9.59 Å². The summed E-state index contributed by atoms with van der Waals surface area (Å²) in [6, 6.07) is 7.60. The van der Waals surface area contributed by atoms with Gasteiger partial charge in [0.2, 0.25) is 11.8 Å². The van der Waals surface area contributed by atoms with Gasteiger partial charge in [0.25, 0.3) is 0 Å². The fraction of sp³-hybridized carbons (Fsp3) is 0.500. The molecule has 5 heteroatoms. The zero-order valence-corrected chi connectivity index (χ0v) is 13.5. The molecule has 0 unspecified atom stereocenters. The number of nitrogens with zero attached hydrogens (tertiary/aromatic N) is 1. The lowest BCUT2D eigenvalue weighted by Gasteiger charge is -2.23. The molecule has 0 spiro atoms. The zero-order chi connectivity index (χ0) is 16.0. The number of para-hydroxylation sites is 1. The zero-order valence-electron chi connectivity index (χ0n) is 13.5. The third-order valence-corrected chi connectivity index (χ3v) is 2.76. The summed E-state index contributed by atoms with van der Waals surface area (Å²) in [5, 5.41) is 5.72. The van der Waals surface area contributed by atoms with Crippen LogP contribution in [0.15, 0.2) is 24.3 Å². The maximum atomic E-state index is 12.0. The summed E-state index contributed by atoms with van der Waals surface area (Å²) in [6.45, 7) is 8.09. The molecule has 0 aromatic heterocycles. The first kappa shape index (κ1) is 17.2. The fourth-order valence-corrected chi connectivity index (χ4v) is 1.91. The Morgan fingerprint density at radius 3 is 2.24 bits per heavy atom. The highest BCUT2D eigenvalue weighted by Crippen LogP contribution is 2.12. The Kier molecular flexibility index (Phi) is 5.90. The molecule has 2 N–H and O–H groups in total. The lowest BCUT2D eigenvalue weighted by atomic mass is 10.1. The van der Waals surface area contributed by atoms with E-state index >= 15 is 0 Å². The molecule has 0 aliphatic heterocycles. The van der Waals surface area contributed by atoms with Gasteiger partial charge in [-0.25, -0.2) is 0 Å². The highest BCUT2D eigenvalue weighted by molar-refractivity contribution is 5.93. The number of amides is 2. The molecular weight excluding hydrogens is 266 g/mol. The molecule has 0 radical (unpaired) electrons. The average Bonchev–Trinajstić information content (AvgIpc) is 2.28. The second kappa shape index (κ2) is 7.22. The topological polar surface area (TPSA) is 61.4 Å². The predicted molar refractivity (Wildman–Crippen MR) is 85.2 cm³/mol. The van der Waals surface area contributed by atoms with Gasteiger partial charge in [0.1, 0.15) is 0 Å². The summed E-state index contributed by atoms with van der Waals surface area (Å²) < 4.78 is 0. The van der Waals surface area contributed by atoms with Gasteiger partial charge in [0.15, 0.2) is 0 Å². The van der Waals surface area contributed by atoms with Crippen molar-refractivity contribution in [1.82, 2.24) is 10.2 Å². The Morgan fingerprint density at radius 1 is 1.10 bits per heavy atom. The lowest BCUT2D eigenvalue weighted by Crippen LogP contribution is -2.46. The van der Waals surface area contributed by atoms with Crippen molar-refractivity contribution in [2.75, 3.05) is 25.5 Å². The number of carbonyl (C=O) groups excluding carboxylic acids is 2. The molecule has 21 heavy (non-hydrogen) atoms. The van der Waals surface area contributed by atoms with Crippen molar-refractivity contribution in [2.45, 2.75) is 33.2 Å². The van der Waals surface area contributed by atoms with Crippen molar-refractivity contribution in [2.24, 2.45) is 0 Å². The quantitative estimate of drug-likeness (QED) is 0.869. The molecule has 1 aromatic rings.